The van der Waals surface area contributed by atoms with Crippen molar-refractivity contribution in [2.45, 2.75) is 24.2 Å². The third kappa shape index (κ3) is 5.40. The molecular weight excluding hydrogens is 469 g/mol. The van der Waals surface area contributed by atoms with Crippen molar-refractivity contribution < 1.29 is 22.3 Å². The van der Waals surface area contributed by atoms with Crippen LogP contribution in [0.4, 0.5) is 21.5 Å². The monoisotopic (exact) mass is 497 g/mol. The van der Waals surface area contributed by atoms with E-state index in [0.717, 1.165) is 42.3 Å². The number of rotatable bonds is 7. The fourth-order valence-electron chi connectivity index (χ4n) is 4.10. The summed E-state index contributed by atoms with van der Waals surface area (Å²) in [5, 5.41) is 2.77. The number of nitrogens with one attached hydrogen (secondary N) is 1. The predicted octanol–water partition coefficient (Wildman–Crippen LogP) is 4.90. The zero-order chi connectivity index (χ0) is 25.0. The molecule has 1 saturated heterocycles. The van der Waals surface area contributed by atoms with Gasteiger partial charge in [0.15, 0.2) is 0 Å². The van der Waals surface area contributed by atoms with E-state index in [1.54, 1.807) is 30.3 Å². The lowest BCUT2D eigenvalue weighted by molar-refractivity contribution is 0.102. The number of anilines is 3. The molecule has 3 aromatic carbocycles. The second kappa shape index (κ2) is 10.4. The summed E-state index contributed by atoms with van der Waals surface area (Å²) >= 11 is 0. The summed E-state index contributed by atoms with van der Waals surface area (Å²) in [4.78, 5) is 15.2. The van der Waals surface area contributed by atoms with E-state index < -0.39 is 21.7 Å². The Morgan fingerprint density at radius 2 is 1.71 bits per heavy atom. The Morgan fingerprint density at radius 1 is 1.00 bits per heavy atom. The van der Waals surface area contributed by atoms with Gasteiger partial charge in [-0.2, -0.15) is 0 Å². The highest BCUT2D eigenvalue weighted by Gasteiger charge is 2.23. The molecule has 0 saturated carbocycles. The molecule has 0 atom stereocenters. The average molecular weight is 498 g/mol. The highest BCUT2D eigenvalue weighted by molar-refractivity contribution is 7.92. The fourth-order valence-corrected chi connectivity index (χ4v) is 5.34. The summed E-state index contributed by atoms with van der Waals surface area (Å²) in [7, 11) is -0.949. The van der Waals surface area contributed by atoms with Crippen LogP contribution >= 0.6 is 0 Å². The smallest absolute Gasteiger partial charge is 0.264 e. The molecule has 0 spiro atoms. The van der Waals surface area contributed by atoms with Gasteiger partial charge in [0.2, 0.25) is 0 Å². The molecule has 3 aromatic rings. The largest absolute Gasteiger partial charge is 0.497 e. The number of hydrogen-bond donors (Lipinski definition) is 1. The van der Waals surface area contributed by atoms with Crippen molar-refractivity contribution in [3.63, 3.8) is 0 Å². The number of piperidine rings is 1. The van der Waals surface area contributed by atoms with Crippen LogP contribution in [0.1, 0.15) is 29.6 Å². The van der Waals surface area contributed by atoms with Crippen molar-refractivity contribution in [3.8, 4) is 5.75 Å². The first-order valence-electron chi connectivity index (χ1n) is 11.4. The molecule has 7 nitrogen and oxygen atoms in total. The first-order valence-corrected chi connectivity index (χ1v) is 12.8. The van der Waals surface area contributed by atoms with Crippen LogP contribution in [0.15, 0.2) is 71.6 Å². The van der Waals surface area contributed by atoms with Crippen LogP contribution in [0, 0.1) is 5.82 Å². The standard InChI is InChI=1S/C26H28FN3O4S/c1-29(21-10-12-22(34-2)13-11-21)35(32,33)23-8-6-7-19(17-23)26(31)28-24-18-20(27)9-14-25(24)30-15-4-3-5-16-30/h6-14,17-18H,3-5,15-16H2,1-2H3,(H,28,31). The highest BCUT2D eigenvalue weighted by atomic mass is 32.2. The molecule has 4 rings (SSSR count). The molecule has 35 heavy (non-hydrogen) atoms. The van der Waals surface area contributed by atoms with Gasteiger partial charge in [-0.25, -0.2) is 12.8 Å². The summed E-state index contributed by atoms with van der Waals surface area (Å²) in [6, 6.07) is 16.8. The average Bonchev–Trinajstić information content (AvgIpc) is 2.89. The van der Waals surface area contributed by atoms with E-state index in [0.29, 0.717) is 17.1 Å². The van der Waals surface area contributed by atoms with Crippen LogP contribution in [0.3, 0.4) is 0 Å². The number of amides is 1. The van der Waals surface area contributed by atoms with Crippen LogP contribution in [-0.4, -0.2) is 41.6 Å². The topological polar surface area (TPSA) is 78.9 Å². The summed E-state index contributed by atoms with van der Waals surface area (Å²) < 4.78 is 46.8. The lowest BCUT2D eigenvalue weighted by atomic mass is 10.1. The Balaban J connectivity index is 1.58. The predicted molar refractivity (Wildman–Crippen MR) is 135 cm³/mol. The van der Waals surface area contributed by atoms with E-state index in [1.165, 1.54) is 50.6 Å². The second-order valence-electron chi connectivity index (χ2n) is 8.36. The number of benzene rings is 3. The maximum Gasteiger partial charge on any atom is 0.264 e. The number of carbonyl (C=O) groups excluding carboxylic acids is 1. The Bertz CT molecular complexity index is 1310. The summed E-state index contributed by atoms with van der Waals surface area (Å²) in [5.41, 5.74) is 1.72. The lowest BCUT2D eigenvalue weighted by Crippen LogP contribution is -2.30. The molecule has 0 unspecified atom stereocenters. The van der Waals surface area contributed by atoms with Gasteiger partial charge in [-0.05, 0) is 79.9 Å². The van der Waals surface area contributed by atoms with E-state index in [1.807, 2.05) is 0 Å². The molecule has 9 heteroatoms. The molecule has 1 amide bonds. The SMILES string of the molecule is COc1ccc(N(C)S(=O)(=O)c2cccc(C(=O)Nc3cc(F)ccc3N3CCCCC3)c2)cc1. The van der Waals surface area contributed by atoms with Crippen LogP contribution in [-0.2, 0) is 10.0 Å². The minimum absolute atomic E-state index is 0.0287. The summed E-state index contributed by atoms with van der Waals surface area (Å²) in [5.74, 6) is -0.365. The number of halogens is 1. The molecular formula is C26H28FN3O4S. The second-order valence-corrected chi connectivity index (χ2v) is 10.3. The Morgan fingerprint density at radius 3 is 2.40 bits per heavy atom. The van der Waals surface area contributed by atoms with E-state index in [2.05, 4.69) is 10.2 Å². The lowest BCUT2D eigenvalue weighted by Gasteiger charge is -2.30. The Kier molecular flexibility index (Phi) is 7.25. The minimum Gasteiger partial charge on any atom is -0.497 e. The van der Waals surface area contributed by atoms with Crippen molar-refractivity contribution in [1.82, 2.24) is 0 Å². The molecule has 0 bridgehead atoms. The number of sulfonamides is 1. The maximum absolute atomic E-state index is 14.0. The molecule has 1 aliphatic rings. The normalized spacial score (nSPS) is 13.9. The number of ether oxygens (including phenoxy) is 1. The first kappa shape index (κ1) is 24.5. The van der Waals surface area contributed by atoms with Crippen LogP contribution < -0.4 is 19.3 Å². The molecule has 1 heterocycles. The number of methoxy groups -OCH3 is 1. The Hall–Kier alpha value is -3.59. The molecule has 1 fully saturated rings. The van der Waals surface area contributed by atoms with E-state index in [-0.39, 0.29) is 10.5 Å². The summed E-state index contributed by atoms with van der Waals surface area (Å²) in [6.07, 6.45) is 3.21. The molecule has 0 aliphatic carbocycles. The number of nitrogens with zero attached hydrogens (tertiary/aromatic N) is 2. The molecule has 1 aliphatic heterocycles. The molecule has 1 N–H and O–H groups in total. The fraction of sp³-hybridized carbons (Fsp3) is 0.269. The third-order valence-electron chi connectivity index (χ3n) is 6.09. The van der Waals surface area contributed by atoms with Crippen LogP contribution in [0.5, 0.6) is 5.75 Å². The zero-order valence-electron chi connectivity index (χ0n) is 19.7. The van der Waals surface area contributed by atoms with Gasteiger partial charge in [0.1, 0.15) is 11.6 Å². The highest BCUT2D eigenvalue weighted by Crippen LogP contribution is 2.30. The minimum atomic E-state index is -3.93. The number of carbonyl (C=O) groups is 1. The van der Waals surface area contributed by atoms with Crippen molar-refractivity contribution in [3.05, 3.63) is 78.1 Å². The maximum atomic E-state index is 14.0. The van der Waals surface area contributed by atoms with Crippen LogP contribution in [0.25, 0.3) is 0 Å². The molecule has 0 aromatic heterocycles. The van der Waals surface area contributed by atoms with Gasteiger partial charge >= 0.3 is 0 Å². The van der Waals surface area contributed by atoms with Gasteiger partial charge in [0.05, 0.1) is 29.1 Å². The number of hydrogen-bond acceptors (Lipinski definition) is 5. The van der Waals surface area contributed by atoms with Gasteiger partial charge in [-0.15, -0.1) is 0 Å². The van der Waals surface area contributed by atoms with Crippen molar-refractivity contribution in [2.24, 2.45) is 0 Å². The van der Waals surface area contributed by atoms with Gasteiger partial charge in [-0.3, -0.25) is 9.10 Å². The van der Waals surface area contributed by atoms with Gasteiger partial charge in [0.25, 0.3) is 15.9 Å². The third-order valence-corrected chi connectivity index (χ3v) is 7.88. The van der Waals surface area contributed by atoms with Crippen LogP contribution in [0.2, 0.25) is 0 Å². The van der Waals surface area contributed by atoms with E-state index in [4.69, 9.17) is 4.74 Å². The van der Waals surface area contributed by atoms with Gasteiger partial charge in [-0.1, -0.05) is 6.07 Å². The van der Waals surface area contributed by atoms with Crippen molar-refractivity contribution >= 4 is 33.0 Å². The zero-order valence-corrected chi connectivity index (χ0v) is 20.5. The molecule has 184 valence electrons. The van der Waals surface area contributed by atoms with Gasteiger partial charge < -0.3 is 15.0 Å². The van der Waals surface area contributed by atoms with E-state index >= 15 is 0 Å². The van der Waals surface area contributed by atoms with Crippen molar-refractivity contribution in [2.75, 3.05) is 41.8 Å². The van der Waals surface area contributed by atoms with Gasteiger partial charge in [0, 0.05) is 25.7 Å². The van der Waals surface area contributed by atoms with Crippen molar-refractivity contribution in [1.29, 1.82) is 0 Å². The molecule has 0 radical (unpaired) electrons. The first-order chi connectivity index (χ1) is 16.8. The Labute approximate surface area is 205 Å². The summed E-state index contributed by atoms with van der Waals surface area (Å²) in [6.45, 7) is 1.67. The quantitative estimate of drug-likeness (QED) is 0.502. The van der Waals surface area contributed by atoms with E-state index in [9.17, 15) is 17.6 Å².